The molecule has 0 aliphatic carbocycles. The van der Waals surface area contributed by atoms with Gasteiger partial charge in [0.15, 0.2) is 0 Å². The molecule has 0 unspecified atom stereocenters. The second kappa shape index (κ2) is 2.64. The van der Waals surface area contributed by atoms with Crippen molar-refractivity contribution in [1.29, 1.82) is 0 Å². The zero-order chi connectivity index (χ0) is 7.84. The fourth-order valence-corrected chi connectivity index (χ4v) is 1.86. The Morgan fingerprint density at radius 1 is 1.09 bits per heavy atom. The Balaban J connectivity index is 2.94. The molecule has 1 nitrogen and oxygen atoms in total. The van der Waals surface area contributed by atoms with Gasteiger partial charge in [-0.2, -0.15) is 0 Å². The molecule has 0 aliphatic rings. The zero-order valence-corrected chi connectivity index (χ0v) is 8.65. The van der Waals surface area contributed by atoms with Gasteiger partial charge < -0.3 is 4.42 Å². The third-order valence-electron chi connectivity index (χ3n) is 1.50. The van der Waals surface area contributed by atoms with E-state index in [4.69, 9.17) is 4.42 Å². The first-order valence-electron chi connectivity index (χ1n) is 3.10. The molecule has 0 spiro atoms. The van der Waals surface area contributed by atoms with Crippen LogP contribution in [0, 0.1) is 0 Å². The minimum absolute atomic E-state index is 0.888. The molecule has 1 aromatic heterocycles. The molecule has 2 aromatic rings. The van der Waals surface area contributed by atoms with Crippen LogP contribution in [0.15, 0.2) is 37.8 Å². The Morgan fingerprint density at radius 2 is 1.91 bits per heavy atom. The molecule has 1 aromatic carbocycles. The van der Waals surface area contributed by atoms with Gasteiger partial charge in [0.25, 0.3) is 0 Å². The largest absolute Gasteiger partial charge is 0.462 e. The fourth-order valence-electron chi connectivity index (χ4n) is 0.991. The Bertz CT molecular complexity index is 392. The molecule has 0 saturated heterocycles. The Labute approximate surface area is 80.6 Å². The Morgan fingerprint density at radius 3 is 2.64 bits per heavy atom. The average molecular weight is 276 g/mol. The predicted octanol–water partition coefficient (Wildman–Crippen LogP) is 3.96. The molecule has 0 amide bonds. The quantitative estimate of drug-likeness (QED) is 0.709. The van der Waals surface area contributed by atoms with Gasteiger partial charge in [-0.05, 0) is 44.0 Å². The lowest BCUT2D eigenvalue weighted by atomic mass is 10.3. The maximum Gasteiger partial charge on any atom is 0.149 e. The standard InChI is InChI=1S/C8H4Br2O/c9-6-3-1-2-5-7(10)4-11-8(5)6/h1-4H. The number of halogens is 2. The van der Waals surface area contributed by atoms with E-state index in [0.717, 1.165) is 19.9 Å². The van der Waals surface area contributed by atoms with E-state index >= 15 is 0 Å². The first-order valence-corrected chi connectivity index (χ1v) is 4.69. The summed E-state index contributed by atoms with van der Waals surface area (Å²) in [5, 5.41) is 1.10. The average Bonchev–Trinajstić information content (AvgIpc) is 2.35. The van der Waals surface area contributed by atoms with E-state index in [2.05, 4.69) is 31.9 Å². The van der Waals surface area contributed by atoms with Crippen LogP contribution in [0.5, 0.6) is 0 Å². The molecule has 11 heavy (non-hydrogen) atoms. The number of fused-ring (bicyclic) bond motifs is 1. The Hall–Kier alpha value is -0.280. The smallest absolute Gasteiger partial charge is 0.149 e. The van der Waals surface area contributed by atoms with Crippen molar-refractivity contribution in [1.82, 2.24) is 0 Å². The van der Waals surface area contributed by atoms with Gasteiger partial charge in [0, 0.05) is 5.39 Å². The molecule has 0 fully saturated rings. The summed E-state index contributed by atoms with van der Waals surface area (Å²) in [5.41, 5.74) is 0.888. The van der Waals surface area contributed by atoms with Gasteiger partial charge in [-0.3, -0.25) is 0 Å². The van der Waals surface area contributed by atoms with E-state index in [9.17, 15) is 0 Å². The van der Waals surface area contributed by atoms with Crippen molar-refractivity contribution in [3.63, 3.8) is 0 Å². The second-order valence-electron chi connectivity index (χ2n) is 2.20. The number of para-hydroxylation sites is 1. The van der Waals surface area contributed by atoms with Crippen molar-refractivity contribution in [3.8, 4) is 0 Å². The number of hydrogen-bond acceptors (Lipinski definition) is 1. The summed E-state index contributed by atoms with van der Waals surface area (Å²) >= 11 is 6.78. The third-order valence-corrected chi connectivity index (χ3v) is 2.74. The summed E-state index contributed by atoms with van der Waals surface area (Å²) in [4.78, 5) is 0. The van der Waals surface area contributed by atoms with Crippen LogP contribution in [0.3, 0.4) is 0 Å². The Kier molecular flexibility index (Phi) is 1.77. The highest BCUT2D eigenvalue weighted by Crippen LogP contribution is 2.30. The lowest BCUT2D eigenvalue weighted by Gasteiger charge is -1.89. The molecule has 0 bridgehead atoms. The molecule has 2 rings (SSSR count). The van der Waals surface area contributed by atoms with Gasteiger partial charge in [-0.1, -0.05) is 6.07 Å². The number of benzene rings is 1. The summed E-state index contributed by atoms with van der Waals surface area (Å²) in [6.07, 6.45) is 1.69. The van der Waals surface area contributed by atoms with Crippen LogP contribution in [-0.4, -0.2) is 0 Å². The van der Waals surface area contributed by atoms with Gasteiger partial charge in [-0.15, -0.1) is 0 Å². The molecule has 0 N–H and O–H groups in total. The molecule has 56 valence electrons. The normalized spacial score (nSPS) is 10.7. The molecule has 0 atom stereocenters. The van der Waals surface area contributed by atoms with Crippen molar-refractivity contribution in [2.45, 2.75) is 0 Å². The first kappa shape index (κ1) is 7.37. The maximum atomic E-state index is 5.29. The summed E-state index contributed by atoms with van der Waals surface area (Å²) in [6.45, 7) is 0. The van der Waals surface area contributed by atoms with Gasteiger partial charge in [0.1, 0.15) is 11.8 Å². The zero-order valence-electron chi connectivity index (χ0n) is 5.47. The summed E-state index contributed by atoms with van der Waals surface area (Å²) in [7, 11) is 0. The van der Waals surface area contributed by atoms with E-state index < -0.39 is 0 Å². The van der Waals surface area contributed by atoms with Crippen LogP contribution in [0.2, 0.25) is 0 Å². The molecule has 0 radical (unpaired) electrons. The van der Waals surface area contributed by atoms with Crippen molar-refractivity contribution in [2.24, 2.45) is 0 Å². The number of hydrogen-bond donors (Lipinski definition) is 0. The molecular weight excluding hydrogens is 272 g/mol. The highest BCUT2D eigenvalue weighted by Gasteiger charge is 2.04. The van der Waals surface area contributed by atoms with E-state index in [1.807, 2.05) is 18.2 Å². The number of furan rings is 1. The predicted molar refractivity (Wildman–Crippen MR) is 51.6 cm³/mol. The van der Waals surface area contributed by atoms with Gasteiger partial charge >= 0.3 is 0 Å². The molecule has 3 heteroatoms. The lowest BCUT2D eigenvalue weighted by molar-refractivity contribution is 0.612. The summed E-state index contributed by atoms with van der Waals surface area (Å²) < 4.78 is 7.27. The van der Waals surface area contributed by atoms with E-state index in [1.54, 1.807) is 6.26 Å². The van der Waals surface area contributed by atoms with Crippen LogP contribution in [0.25, 0.3) is 11.0 Å². The third kappa shape index (κ3) is 1.12. The highest BCUT2D eigenvalue weighted by atomic mass is 79.9. The van der Waals surface area contributed by atoms with Crippen LogP contribution >= 0.6 is 31.9 Å². The van der Waals surface area contributed by atoms with Gasteiger partial charge in [0.05, 0.1) is 8.95 Å². The minimum atomic E-state index is 0.888. The van der Waals surface area contributed by atoms with Crippen LogP contribution in [-0.2, 0) is 0 Å². The van der Waals surface area contributed by atoms with Gasteiger partial charge in [-0.25, -0.2) is 0 Å². The van der Waals surface area contributed by atoms with Crippen LogP contribution < -0.4 is 0 Å². The lowest BCUT2D eigenvalue weighted by Crippen LogP contribution is -1.65. The molecular formula is C8H4Br2O. The van der Waals surface area contributed by atoms with E-state index in [0.29, 0.717) is 0 Å². The molecule has 1 heterocycles. The molecule has 0 aliphatic heterocycles. The minimum Gasteiger partial charge on any atom is -0.462 e. The van der Waals surface area contributed by atoms with Crippen molar-refractivity contribution < 1.29 is 4.42 Å². The van der Waals surface area contributed by atoms with Crippen LogP contribution in [0.1, 0.15) is 0 Å². The monoisotopic (exact) mass is 274 g/mol. The first-order chi connectivity index (χ1) is 5.29. The van der Waals surface area contributed by atoms with Crippen molar-refractivity contribution in [3.05, 3.63) is 33.4 Å². The van der Waals surface area contributed by atoms with E-state index in [1.165, 1.54) is 0 Å². The van der Waals surface area contributed by atoms with Crippen molar-refractivity contribution in [2.75, 3.05) is 0 Å². The highest BCUT2D eigenvalue weighted by molar-refractivity contribution is 9.11. The molecule has 0 saturated carbocycles. The summed E-state index contributed by atoms with van der Waals surface area (Å²) in [6, 6.07) is 5.94. The topological polar surface area (TPSA) is 13.1 Å². The maximum absolute atomic E-state index is 5.29. The second-order valence-corrected chi connectivity index (χ2v) is 3.91. The number of rotatable bonds is 0. The summed E-state index contributed by atoms with van der Waals surface area (Å²) in [5.74, 6) is 0. The van der Waals surface area contributed by atoms with Gasteiger partial charge in [0.2, 0.25) is 0 Å². The van der Waals surface area contributed by atoms with Crippen molar-refractivity contribution >= 4 is 42.8 Å². The SMILES string of the molecule is Brc1coc2c(Br)cccc12. The van der Waals surface area contributed by atoms with Crippen LogP contribution in [0.4, 0.5) is 0 Å². The van der Waals surface area contributed by atoms with E-state index in [-0.39, 0.29) is 0 Å². The fraction of sp³-hybridized carbons (Fsp3) is 0.